The van der Waals surface area contributed by atoms with E-state index in [0.717, 1.165) is 26.1 Å². The van der Waals surface area contributed by atoms with Gasteiger partial charge in [-0.25, -0.2) is 0 Å². The summed E-state index contributed by atoms with van der Waals surface area (Å²) < 4.78 is 5.20. The molecule has 1 fully saturated rings. The van der Waals surface area contributed by atoms with Crippen molar-refractivity contribution in [2.24, 2.45) is 5.73 Å². The standard InChI is InChI=1S/C13H29N3O/c1-4-6-15-7-9-16(10-8-15)13(2,12-14)5-11-17-3/h4-12,14H2,1-3H3. The molecule has 0 aromatic heterocycles. The topological polar surface area (TPSA) is 41.7 Å². The summed E-state index contributed by atoms with van der Waals surface area (Å²) in [5, 5.41) is 0. The van der Waals surface area contributed by atoms with Crippen molar-refractivity contribution in [2.45, 2.75) is 32.2 Å². The smallest absolute Gasteiger partial charge is 0.0480 e. The molecule has 0 amide bonds. The Balaban J connectivity index is 2.43. The van der Waals surface area contributed by atoms with Crippen LogP contribution in [0, 0.1) is 0 Å². The Hall–Kier alpha value is -0.160. The highest BCUT2D eigenvalue weighted by Crippen LogP contribution is 2.20. The molecular weight excluding hydrogens is 214 g/mol. The van der Waals surface area contributed by atoms with Crippen molar-refractivity contribution in [1.29, 1.82) is 0 Å². The lowest BCUT2D eigenvalue weighted by Crippen LogP contribution is -2.59. The van der Waals surface area contributed by atoms with Gasteiger partial charge in [-0.2, -0.15) is 0 Å². The van der Waals surface area contributed by atoms with Crippen LogP contribution in [-0.4, -0.2) is 68.3 Å². The summed E-state index contributed by atoms with van der Waals surface area (Å²) in [4.78, 5) is 5.09. The maximum atomic E-state index is 5.96. The molecule has 0 saturated carbocycles. The van der Waals surface area contributed by atoms with Crippen LogP contribution in [0.3, 0.4) is 0 Å². The van der Waals surface area contributed by atoms with Gasteiger partial charge in [-0.05, 0) is 26.3 Å². The fourth-order valence-electron chi connectivity index (χ4n) is 2.54. The molecule has 1 rings (SSSR count). The zero-order valence-corrected chi connectivity index (χ0v) is 11.7. The Morgan fingerprint density at radius 1 is 1.24 bits per heavy atom. The molecule has 0 aromatic carbocycles. The summed E-state index contributed by atoms with van der Waals surface area (Å²) >= 11 is 0. The van der Waals surface area contributed by atoms with Gasteiger partial charge in [0.15, 0.2) is 0 Å². The van der Waals surface area contributed by atoms with E-state index in [0.29, 0.717) is 6.54 Å². The maximum absolute atomic E-state index is 5.96. The minimum Gasteiger partial charge on any atom is -0.385 e. The summed E-state index contributed by atoms with van der Waals surface area (Å²) in [5.74, 6) is 0. The van der Waals surface area contributed by atoms with Crippen molar-refractivity contribution in [3.63, 3.8) is 0 Å². The zero-order valence-electron chi connectivity index (χ0n) is 11.7. The van der Waals surface area contributed by atoms with Crippen LogP contribution in [0.15, 0.2) is 0 Å². The molecular formula is C13H29N3O. The molecule has 1 unspecified atom stereocenters. The summed E-state index contributed by atoms with van der Waals surface area (Å²) in [5.41, 5.74) is 6.07. The van der Waals surface area contributed by atoms with Crippen LogP contribution in [0.2, 0.25) is 0 Å². The molecule has 102 valence electrons. The van der Waals surface area contributed by atoms with Crippen molar-refractivity contribution < 1.29 is 4.74 Å². The van der Waals surface area contributed by atoms with Crippen LogP contribution in [0.5, 0.6) is 0 Å². The van der Waals surface area contributed by atoms with Gasteiger partial charge in [0.2, 0.25) is 0 Å². The average molecular weight is 243 g/mol. The molecule has 0 bridgehead atoms. The first-order chi connectivity index (χ1) is 8.16. The van der Waals surface area contributed by atoms with E-state index in [1.165, 1.54) is 26.1 Å². The molecule has 17 heavy (non-hydrogen) atoms. The van der Waals surface area contributed by atoms with Crippen LogP contribution < -0.4 is 5.73 Å². The third-order valence-corrected chi connectivity index (χ3v) is 3.96. The molecule has 0 spiro atoms. The second-order valence-electron chi connectivity index (χ2n) is 5.27. The first-order valence-corrected chi connectivity index (χ1v) is 6.82. The highest BCUT2D eigenvalue weighted by molar-refractivity contribution is 4.90. The van der Waals surface area contributed by atoms with Crippen molar-refractivity contribution in [3.05, 3.63) is 0 Å². The van der Waals surface area contributed by atoms with Gasteiger partial charge in [0, 0.05) is 52.0 Å². The minimum atomic E-state index is 0.105. The molecule has 4 nitrogen and oxygen atoms in total. The normalized spacial score (nSPS) is 22.6. The average Bonchev–Trinajstić information content (AvgIpc) is 2.37. The number of methoxy groups -OCH3 is 1. The third-order valence-electron chi connectivity index (χ3n) is 3.96. The number of hydrogen-bond acceptors (Lipinski definition) is 4. The number of hydrogen-bond donors (Lipinski definition) is 1. The van der Waals surface area contributed by atoms with E-state index < -0.39 is 0 Å². The predicted molar refractivity (Wildman–Crippen MR) is 72.3 cm³/mol. The van der Waals surface area contributed by atoms with Crippen LogP contribution in [0.1, 0.15) is 26.7 Å². The number of nitrogens with zero attached hydrogens (tertiary/aromatic N) is 2. The molecule has 4 heteroatoms. The molecule has 0 radical (unpaired) electrons. The fraction of sp³-hybridized carbons (Fsp3) is 1.00. The monoisotopic (exact) mass is 243 g/mol. The van der Waals surface area contributed by atoms with E-state index in [1.54, 1.807) is 7.11 Å². The maximum Gasteiger partial charge on any atom is 0.0480 e. The largest absolute Gasteiger partial charge is 0.385 e. The van der Waals surface area contributed by atoms with Crippen molar-refractivity contribution in [3.8, 4) is 0 Å². The molecule has 0 aromatic rings. The molecule has 1 aliphatic rings. The summed E-state index contributed by atoms with van der Waals surface area (Å²) in [6.45, 7) is 11.9. The highest BCUT2D eigenvalue weighted by Gasteiger charge is 2.32. The SMILES string of the molecule is CCCN1CCN(C(C)(CN)CCOC)CC1. The summed E-state index contributed by atoms with van der Waals surface area (Å²) in [7, 11) is 1.76. The van der Waals surface area contributed by atoms with Crippen molar-refractivity contribution in [2.75, 3.05) is 53.0 Å². The first kappa shape index (κ1) is 14.9. The number of piperazine rings is 1. The second kappa shape index (κ2) is 7.31. The van der Waals surface area contributed by atoms with E-state index >= 15 is 0 Å². The summed E-state index contributed by atoms with van der Waals surface area (Å²) in [6, 6.07) is 0. The van der Waals surface area contributed by atoms with Crippen LogP contribution in [-0.2, 0) is 4.74 Å². The third kappa shape index (κ3) is 4.21. The van der Waals surface area contributed by atoms with E-state index in [-0.39, 0.29) is 5.54 Å². The lowest BCUT2D eigenvalue weighted by molar-refractivity contribution is 0.0260. The molecule has 1 atom stereocenters. The Morgan fingerprint density at radius 3 is 2.35 bits per heavy atom. The Labute approximate surface area is 106 Å². The first-order valence-electron chi connectivity index (χ1n) is 6.82. The van der Waals surface area contributed by atoms with Gasteiger partial charge in [-0.3, -0.25) is 4.90 Å². The van der Waals surface area contributed by atoms with Crippen LogP contribution in [0.25, 0.3) is 0 Å². The lowest BCUT2D eigenvalue weighted by Gasteiger charge is -2.45. The van der Waals surface area contributed by atoms with Gasteiger partial charge in [-0.15, -0.1) is 0 Å². The Bertz CT molecular complexity index is 205. The number of ether oxygens (including phenoxy) is 1. The second-order valence-corrected chi connectivity index (χ2v) is 5.27. The van der Waals surface area contributed by atoms with E-state index in [1.807, 2.05) is 0 Å². The fourth-order valence-corrected chi connectivity index (χ4v) is 2.54. The van der Waals surface area contributed by atoms with Gasteiger partial charge in [-0.1, -0.05) is 6.92 Å². The van der Waals surface area contributed by atoms with Gasteiger partial charge in [0.05, 0.1) is 0 Å². The minimum absolute atomic E-state index is 0.105. The Morgan fingerprint density at radius 2 is 1.88 bits per heavy atom. The predicted octanol–water partition coefficient (Wildman–Crippen LogP) is 0.768. The van der Waals surface area contributed by atoms with Gasteiger partial charge in [0.1, 0.15) is 0 Å². The van der Waals surface area contributed by atoms with Gasteiger partial charge >= 0.3 is 0 Å². The van der Waals surface area contributed by atoms with Crippen molar-refractivity contribution in [1.82, 2.24) is 9.80 Å². The molecule has 1 saturated heterocycles. The van der Waals surface area contributed by atoms with Gasteiger partial charge < -0.3 is 15.4 Å². The highest BCUT2D eigenvalue weighted by atomic mass is 16.5. The van der Waals surface area contributed by atoms with Crippen molar-refractivity contribution >= 4 is 0 Å². The molecule has 0 aliphatic carbocycles. The van der Waals surface area contributed by atoms with E-state index in [9.17, 15) is 0 Å². The number of rotatable bonds is 7. The quantitative estimate of drug-likeness (QED) is 0.717. The lowest BCUT2D eigenvalue weighted by atomic mass is 9.95. The van der Waals surface area contributed by atoms with Crippen LogP contribution >= 0.6 is 0 Å². The van der Waals surface area contributed by atoms with E-state index in [4.69, 9.17) is 10.5 Å². The molecule has 1 heterocycles. The molecule has 2 N–H and O–H groups in total. The summed E-state index contributed by atoms with van der Waals surface area (Å²) in [6.07, 6.45) is 2.27. The molecule has 1 aliphatic heterocycles. The number of nitrogens with two attached hydrogens (primary N) is 1. The van der Waals surface area contributed by atoms with Gasteiger partial charge in [0.25, 0.3) is 0 Å². The Kier molecular flexibility index (Phi) is 6.41. The van der Waals surface area contributed by atoms with Crippen LogP contribution in [0.4, 0.5) is 0 Å². The van der Waals surface area contributed by atoms with E-state index in [2.05, 4.69) is 23.6 Å². The zero-order chi connectivity index (χ0) is 12.7.